The van der Waals surface area contributed by atoms with Gasteiger partial charge in [-0.05, 0) is 24.3 Å². The molecule has 0 heterocycles. The van der Waals surface area contributed by atoms with Gasteiger partial charge in [-0.2, -0.15) is 0 Å². The zero-order chi connectivity index (χ0) is 15.8. The first-order valence-electron chi connectivity index (χ1n) is 6.03. The van der Waals surface area contributed by atoms with E-state index in [9.17, 15) is 4.79 Å². The Morgan fingerprint density at radius 2 is 1.38 bits per heavy atom. The molecule has 0 saturated heterocycles. The summed E-state index contributed by atoms with van der Waals surface area (Å²) in [6.07, 6.45) is 6.16. The molecule has 1 aliphatic rings. The summed E-state index contributed by atoms with van der Waals surface area (Å²) in [4.78, 5) is 11.1. The van der Waals surface area contributed by atoms with Crippen molar-refractivity contribution in [3.05, 3.63) is 55.8 Å². The summed E-state index contributed by atoms with van der Waals surface area (Å²) >= 11 is 0. The van der Waals surface area contributed by atoms with Gasteiger partial charge in [0.05, 0.1) is 0 Å². The summed E-state index contributed by atoms with van der Waals surface area (Å²) in [5, 5.41) is 0. The van der Waals surface area contributed by atoms with Crippen LogP contribution in [-0.4, -0.2) is 6.29 Å². The van der Waals surface area contributed by atoms with Gasteiger partial charge >= 0.3 is 33.9 Å². The third kappa shape index (κ3) is 9.24. The smallest absolute Gasteiger partial charge is 0 e. The largest absolute Gasteiger partial charge is 0 e. The van der Waals surface area contributed by atoms with Gasteiger partial charge in [0.25, 0.3) is 0 Å². The van der Waals surface area contributed by atoms with E-state index in [1.165, 1.54) is 31.2 Å². The molecule has 5 heteroatoms. The topological polar surface area (TPSA) is 76.8 Å². The Morgan fingerprint density at radius 3 is 1.76 bits per heavy atom. The van der Waals surface area contributed by atoms with Crippen molar-refractivity contribution < 1.29 is 36.1 Å². The Labute approximate surface area is 136 Å². The second kappa shape index (κ2) is 18.6. The molecule has 0 aromatic heterocycles. The standard InChI is InChI=1S/C13H16O.3CO.Cr/c14-10-13(12-8-4-5-9-12)11-6-2-1-3-7-11;3*1-2;/h1-3,6-7,10,12-13H,4-5,8-9H2;;;;. The van der Waals surface area contributed by atoms with E-state index < -0.39 is 0 Å². The van der Waals surface area contributed by atoms with Crippen LogP contribution in [0.3, 0.4) is 0 Å². The van der Waals surface area contributed by atoms with E-state index >= 15 is 0 Å². The van der Waals surface area contributed by atoms with Crippen molar-refractivity contribution in [2.45, 2.75) is 31.6 Å². The maximum Gasteiger partial charge on any atom is 0 e. The number of hydrogen-bond acceptors (Lipinski definition) is 1. The SMILES string of the molecule is O=CC(c1ccccc1)C1CCCC1.[C-]#[O+].[C-]#[O+].[C-]#[O+].[Cr]. The number of hydrogen-bond donors (Lipinski definition) is 0. The van der Waals surface area contributed by atoms with Crippen molar-refractivity contribution >= 4 is 6.29 Å². The van der Waals surface area contributed by atoms with Crippen LogP contribution >= 0.6 is 0 Å². The van der Waals surface area contributed by atoms with Crippen LogP contribution in [0.2, 0.25) is 0 Å². The van der Waals surface area contributed by atoms with Crippen molar-refractivity contribution in [2.75, 3.05) is 0 Å². The Balaban J connectivity index is -0.000000414. The molecule has 1 unspecified atom stereocenters. The van der Waals surface area contributed by atoms with Gasteiger partial charge in [-0.3, -0.25) is 0 Å². The summed E-state index contributed by atoms with van der Waals surface area (Å²) in [5.41, 5.74) is 1.19. The molecule has 1 fully saturated rings. The van der Waals surface area contributed by atoms with Crippen molar-refractivity contribution in [3.63, 3.8) is 0 Å². The number of carbonyl (C=O) groups excluding carboxylic acids is 1. The van der Waals surface area contributed by atoms with Gasteiger partial charge in [0.2, 0.25) is 0 Å². The van der Waals surface area contributed by atoms with Crippen LogP contribution in [0.1, 0.15) is 37.2 Å². The van der Waals surface area contributed by atoms with E-state index in [1.54, 1.807) is 0 Å². The molecule has 0 bridgehead atoms. The summed E-state index contributed by atoms with van der Waals surface area (Å²) in [6, 6.07) is 10.2. The predicted molar refractivity (Wildman–Crippen MR) is 69.0 cm³/mol. The first kappa shape index (κ1) is 24.6. The van der Waals surface area contributed by atoms with Gasteiger partial charge in [0.15, 0.2) is 0 Å². The van der Waals surface area contributed by atoms with Crippen molar-refractivity contribution in [1.29, 1.82) is 0 Å². The fourth-order valence-corrected chi connectivity index (χ4v) is 2.45. The molecule has 1 aromatic carbocycles. The summed E-state index contributed by atoms with van der Waals surface area (Å²) < 4.78 is 22.5. The van der Waals surface area contributed by atoms with E-state index in [0.29, 0.717) is 5.92 Å². The number of benzene rings is 1. The number of rotatable bonds is 3. The molecular weight excluding hydrogens is 308 g/mol. The molecule has 110 valence electrons. The number of carbonyl (C=O) groups is 1. The minimum Gasteiger partial charge on any atom is 0 e. The van der Waals surface area contributed by atoms with Crippen LogP contribution in [0.15, 0.2) is 30.3 Å². The minimum atomic E-state index is 0. The molecule has 4 nitrogen and oxygen atoms in total. The molecule has 2 rings (SSSR count). The zero-order valence-electron chi connectivity index (χ0n) is 11.5. The van der Waals surface area contributed by atoms with Crippen molar-refractivity contribution in [3.8, 4) is 0 Å². The van der Waals surface area contributed by atoms with Crippen molar-refractivity contribution in [2.24, 2.45) is 5.92 Å². The molecule has 0 aliphatic heterocycles. The van der Waals surface area contributed by atoms with E-state index in [0.717, 1.165) is 6.29 Å². The summed E-state index contributed by atoms with van der Waals surface area (Å²) in [7, 11) is 0. The van der Waals surface area contributed by atoms with Gasteiger partial charge in [-0.25, -0.2) is 0 Å². The Bertz CT molecular complexity index is 391. The third-order valence-corrected chi connectivity index (χ3v) is 3.24. The molecule has 1 saturated carbocycles. The molecule has 1 aromatic rings. The molecule has 0 amide bonds. The van der Waals surface area contributed by atoms with Crippen LogP contribution in [0.25, 0.3) is 0 Å². The van der Waals surface area contributed by atoms with E-state index in [4.69, 9.17) is 14.0 Å². The first-order chi connectivity index (χ1) is 9.92. The van der Waals surface area contributed by atoms with Crippen LogP contribution in [0.4, 0.5) is 0 Å². The molecule has 21 heavy (non-hydrogen) atoms. The second-order valence-corrected chi connectivity index (χ2v) is 4.12. The average molecular weight is 324 g/mol. The second-order valence-electron chi connectivity index (χ2n) is 4.12. The van der Waals surface area contributed by atoms with Gasteiger partial charge in [-0.1, -0.05) is 43.2 Å². The maximum atomic E-state index is 11.1. The van der Waals surface area contributed by atoms with Gasteiger partial charge in [0.1, 0.15) is 6.29 Å². The summed E-state index contributed by atoms with van der Waals surface area (Å²) in [5.74, 6) is 0.730. The van der Waals surface area contributed by atoms with E-state index in [-0.39, 0.29) is 23.3 Å². The van der Waals surface area contributed by atoms with Gasteiger partial charge in [-0.15, -0.1) is 0 Å². The molecule has 1 atom stereocenters. The predicted octanol–water partition coefficient (Wildman–Crippen LogP) is 3.04. The zero-order valence-corrected chi connectivity index (χ0v) is 12.8. The quantitative estimate of drug-likeness (QED) is 0.478. The molecule has 1 aliphatic carbocycles. The van der Waals surface area contributed by atoms with E-state index in [1.807, 2.05) is 18.2 Å². The molecule has 0 radical (unpaired) electrons. The normalized spacial score (nSPS) is 13.2. The van der Waals surface area contributed by atoms with Crippen LogP contribution < -0.4 is 0 Å². The molecule has 0 N–H and O–H groups in total. The van der Waals surface area contributed by atoms with Gasteiger partial charge in [0, 0.05) is 23.3 Å². The van der Waals surface area contributed by atoms with Crippen LogP contribution in [-0.2, 0) is 36.1 Å². The van der Waals surface area contributed by atoms with Crippen LogP contribution in [0, 0.1) is 25.9 Å². The Hall–Kier alpha value is -1.36. The number of aldehydes is 1. The Kier molecular flexibility index (Phi) is 21.9. The molecular formula is C16H16CrO4. The maximum absolute atomic E-state index is 11.1. The molecule has 0 spiro atoms. The van der Waals surface area contributed by atoms with Gasteiger partial charge < -0.3 is 4.79 Å². The average Bonchev–Trinajstić information content (AvgIpc) is 3.09. The van der Waals surface area contributed by atoms with Crippen molar-refractivity contribution in [1.82, 2.24) is 0 Å². The summed E-state index contributed by atoms with van der Waals surface area (Å²) in [6.45, 7) is 13.5. The van der Waals surface area contributed by atoms with Crippen LogP contribution in [0.5, 0.6) is 0 Å². The van der Waals surface area contributed by atoms with E-state index in [2.05, 4.69) is 32.1 Å². The third-order valence-electron chi connectivity index (χ3n) is 3.24. The fraction of sp³-hybridized carbons (Fsp3) is 0.375. The fourth-order valence-electron chi connectivity index (χ4n) is 2.45. The monoisotopic (exact) mass is 324 g/mol. The first-order valence-corrected chi connectivity index (χ1v) is 6.03. The minimum absolute atomic E-state index is 0. The Morgan fingerprint density at radius 1 is 0.952 bits per heavy atom.